The molecule has 7 nitrogen and oxygen atoms in total. The van der Waals surface area contributed by atoms with Crippen LogP contribution < -0.4 is 5.32 Å². The van der Waals surface area contributed by atoms with Gasteiger partial charge in [0.25, 0.3) is 5.91 Å². The van der Waals surface area contributed by atoms with Crippen LogP contribution in [0.15, 0.2) is 24.4 Å². The number of amides is 1. The number of aryl methyl sites for hydroxylation is 1. The number of aromatic nitrogens is 3. The van der Waals surface area contributed by atoms with Gasteiger partial charge in [0.1, 0.15) is 0 Å². The van der Waals surface area contributed by atoms with Crippen molar-refractivity contribution in [3.63, 3.8) is 0 Å². The number of nitrogens with zero attached hydrogens (tertiary/aromatic N) is 3. The summed E-state index contributed by atoms with van der Waals surface area (Å²) < 4.78 is 24.9. The molecule has 2 aromatic heterocycles. The van der Waals surface area contributed by atoms with Gasteiger partial charge in [-0.1, -0.05) is 6.07 Å². The van der Waals surface area contributed by atoms with E-state index in [4.69, 9.17) is 0 Å². The van der Waals surface area contributed by atoms with Gasteiger partial charge in [0, 0.05) is 11.4 Å². The van der Waals surface area contributed by atoms with E-state index in [2.05, 4.69) is 15.4 Å². The van der Waals surface area contributed by atoms with Crippen molar-refractivity contribution in [3.8, 4) is 0 Å². The average Bonchev–Trinajstić information content (AvgIpc) is 3.07. The molecule has 128 valence electrons. The predicted octanol–water partition coefficient (Wildman–Crippen LogP) is 1.18. The minimum Gasteiger partial charge on any atom is -0.346 e. The number of rotatable bonds is 4. The maximum atomic E-state index is 12.4. The SMILES string of the molecule is Cc1cccc(CNC(=O)c2cnn([C@H]3CCS(=O)(=O)C3)c2C)n1. The Hall–Kier alpha value is -2.22. The van der Waals surface area contributed by atoms with Gasteiger partial charge in [0.05, 0.1) is 41.5 Å². The topological polar surface area (TPSA) is 94.0 Å². The van der Waals surface area contributed by atoms with Crippen molar-refractivity contribution in [2.75, 3.05) is 11.5 Å². The van der Waals surface area contributed by atoms with Crippen molar-refractivity contribution < 1.29 is 13.2 Å². The maximum absolute atomic E-state index is 12.4. The zero-order valence-corrected chi connectivity index (χ0v) is 14.5. The summed E-state index contributed by atoms with van der Waals surface area (Å²) >= 11 is 0. The lowest BCUT2D eigenvalue weighted by atomic mass is 10.2. The van der Waals surface area contributed by atoms with E-state index < -0.39 is 9.84 Å². The third-order valence-electron chi connectivity index (χ3n) is 4.22. The number of hydrogen-bond acceptors (Lipinski definition) is 5. The predicted molar refractivity (Wildman–Crippen MR) is 89.4 cm³/mol. The molecule has 24 heavy (non-hydrogen) atoms. The monoisotopic (exact) mass is 348 g/mol. The van der Waals surface area contributed by atoms with Crippen molar-refractivity contribution >= 4 is 15.7 Å². The van der Waals surface area contributed by atoms with E-state index >= 15 is 0 Å². The standard InChI is InChI=1S/C16H20N4O3S/c1-11-4-3-5-13(19-11)8-17-16(21)15-9-18-20(12(15)2)14-6-7-24(22,23)10-14/h3-5,9,14H,6-8,10H2,1-2H3,(H,17,21)/t14-/m0/s1. The Bertz CT molecular complexity index is 873. The van der Waals surface area contributed by atoms with Crippen LogP contribution in [0.5, 0.6) is 0 Å². The summed E-state index contributed by atoms with van der Waals surface area (Å²) in [6.07, 6.45) is 2.04. The van der Waals surface area contributed by atoms with E-state index in [1.165, 1.54) is 6.20 Å². The van der Waals surface area contributed by atoms with Crippen LogP contribution in [0.3, 0.4) is 0 Å². The van der Waals surface area contributed by atoms with Crippen LogP contribution in [0.2, 0.25) is 0 Å². The van der Waals surface area contributed by atoms with Crippen molar-refractivity contribution in [1.29, 1.82) is 0 Å². The van der Waals surface area contributed by atoms with Crippen molar-refractivity contribution in [2.24, 2.45) is 0 Å². The molecule has 2 aromatic rings. The van der Waals surface area contributed by atoms with Crippen LogP contribution in [-0.4, -0.2) is 40.6 Å². The summed E-state index contributed by atoms with van der Waals surface area (Å²) in [5.41, 5.74) is 2.84. The molecule has 0 unspecified atom stereocenters. The molecule has 0 saturated carbocycles. The van der Waals surface area contributed by atoms with E-state index in [1.54, 1.807) is 11.6 Å². The number of pyridine rings is 1. The average molecular weight is 348 g/mol. The van der Waals surface area contributed by atoms with Crippen LogP contribution in [0.1, 0.15) is 39.9 Å². The van der Waals surface area contributed by atoms with Crippen molar-refractivity contribution in [3.05, 3.63) is 47.0 Å². The molecule has 0 aromatic carbocycles. The lowest BCUT2D eigenvalue weighted by Crippen LogP contribution is -2.24. The Kier molecular flexibility index (Phi) is 4.40. The number of sulfone groups is 1. The molecule has 0 radical (unpaired) electrons. The highest BCUT2D eigenvalue weighted by Crippen LogP contribution is 2.25. The molecule has 1 atom stereocenters. The van der Waals surface area contributed by atoms with E-state index in [9.17, 15) is 13.2 Å². The van der Waals surface area contributed by atoms with E-state index in [0.717, 1.165) is 11.4 Å². The van der Waals surface area contributed by atoms with Crippen LogP contribution in [0.4, 0.5) is 0 Å². The summed E-state index contributed by atoms with van der Waals surface area (Å²) in [7, 11) is -2.99. The Morgan fingerprint density at radius 3 is 2.83 bits per heavy atom. The van der Waals surface area contributed by atoms with Gasteiger partial charge in [-0.25, -0.2) is 8.42 Å². The van der Waals surface area contributed by atoms with E-state index in [0.29, 0.717) is 24.2 Å². The summed E-state index contributed by atoms with van der Waals surface area (Å²) in [5, 5.41) is 7.06. The molecule has 0 aliphatic carbocycles. The highest BCUT2D eigenvalue weighted by molar-refractivity contribution is 7.91. The first-order valence-corrected chi connectivity index (χ1v) is 9.63. The number of carbonyl (C=O) groups is 1. The molecule has 3 rings (SSSR count). The van der Waals surface area contributed by atoms with Gasteiger partial charge in [0.2, 0.25) is 0 Å². The quantitative estimate of drug-likeness (QED) is 0.895. The molecule has 1 aliphatic heterocycles. The lowest BCUT2D eigenvalue weighted by molar-refractivity contribution is 0.0949. The first kappa shape index (κ1) is 16.6. The molecule has 8 heteroatoms. The van der Waals surface area contributed by atoms with Gasteiger partial charge < -0.3 is 5.32 Å². The van der Waals surface area contributed by atoms with Gasteiger partial charge in [-0.2, -0.15) is 5.10 Å². The van der Waals surface area contributed by atoms with Gasteiger partial charge >= 0.3 is 0 Å². The second-order valence-electron chi connectivity index (χ2n) is 6.10. The third-order valence-corrected chi connectivity index (χ3v) is 5.97. The minimum atomic E-state index is -2.99. The summed E-state index contributed by atoms with van der Waals surface area (Å²) in [5.74, 6) is 0.0318. The maximum Gasteiger partial charge on any atom is 0.255 e. The van der Waals surface area contributed by atoms with Gasteiger partial charge in [-0.15, -0.1) is 0 Å². The highest BCUT2D eigenvalue weighted by atomic mass is 32.2. The minimum absolute atomic E-state index is 0.0871. The lowest BCUT2D eigenvalue weighted by Gasteiger charge is -2.11. The zero-order chi connectivity index (χ0) is 17.3. The number of hydrogen-bond donors (Lipinski definition) is 1. The molecule has 1 fully saturated rings. The summed E-state index contributed by atoms with van der Waals surface area (Å²) in [4.78, 5) is 16.7. The van der Waals surface area contributed by atoms with Gasteiger partial charge in [-0.05, 0) is 32.4 Å². The third kappa shape index (κ3) is 3.48. The second kappa shape index (κ2) is 6.35. The largest absolute Gasteiger partial charge is 0.346 e. The fraction of sp³-hybridized carbons (Fsp3) is 0.438. The highest BCUT2D eigenvalue weighted by Gasteiger charge is 2.31. The van der Waals surface area contributed by atoms with Crippen molar-refractivity contribution in [1.82, 2.24) is 20.1 Å². The Balaban J connectivity index is 1.70. The Morgan fingerprint density at radius 1 is 1.38 bits per heavy atom. The number of carbonyl (C=O) groups excluding carboxylic acids is 1. The molecular formula is C16H20N4O3S. The molecule has 1 aliphatic rings. The molecule has 3 heterocycles. The zero-order valence-electron chi connectivity index (χ0n) is 13.7. The van der Waals surface area contributed by atoms with Crippen LogP contribution >= 0.6 is 0 Å². The first-order chi connectivity index (χ1) is 11.4. The van der Waals surface area contributed by atoms with Crippen LogP contribution in [-0.2, 0) is 16.4 Å². The Morgan fingerprint density at radius 2 is 2.17 bits per heavy atom. The number of nitrogens with one attached hydrogen (secondary N) is 1. The summed E-state index contributed by atoms with van der Waals surface area (Å²) in [6.45, 7) is 4.02. The van der Waals surface area contributed by atoms with E-state index in [1.807, 2.05) is 25.1 Å². The molecular weight excluding hydrogens is 328 g/mol. The fourth-order valence-corrected chi connectivity index (χ4v) is 4.64. The molecule has 0 bridgehead atoms. The van der Waals surface area contributed by atoms with E-state index in [-0.39, 0.29) is 23.5 Å². The Labute approximate surface area is 141 Å². The van der Waals surface area contributed by atoms with Crippen molar-refractivity contribution in [2.45, 2.75) is 32.9 Å². The molecule has 1 N–H and O–H groups in total. The molecule has 1 amide bonds. The smallest absolute Gasteiger partial charge is 0.255 e. The van der Waals surface area contributed by atoms with Crippen LogP contribution in [0, 0.1) is 13.8 Å². The first-order valence-electron chi connectivity index (χ1n) is 7.81. The normalized spacial score (nSPS) is 19.3. The van der Waals surface area contributed by atoms with Gasteiger partial charge in [-0.3, -0.25) is 14.5 Å². The molecule has 0 spiro atoms. The summed E-state index contributed by atoms with van der Waals surface area (Å²) in [6, 6.07) is 5.46. The fourth-order valence-electron chi connectivity index (χ4n) is 2.95. The second-order valence-corrected chi connectivity index (χ2v) is 8.33. The molecule has 1 saturated heterocycles. The van der Waals surface area contributed by atoms with Gasteiger partial charge in [0.15, 0.2) is 9.84 Å². The van der Waals surface area contributed by atoms with Crippen LogP contribution in [0.25, 0.3) is 0 Å².